The molecular formula is C16H22ClN5O3. The molecule has 25 heavy (non-hydrogen) atoms. The van der Waals surface area contributed by atoms with Gasteiger partial charge in [-0.1, -0.05) is 22.8 Å². The van der Waals surface area contributed by atoms with E-state index < -0.39 is 5.97 Å². The standard InChI is InChI=1S/C14H18ClN5O.C2H4O2/c1-16-10-13-17-18-14(21-13)20-7-5-19(6-8-20)12-4-2-3-11(15)9-12;1-2(3)4/h2-4,9,16H,5-8,10H2,1H3;1H3,(H,3,4). The van der Waals surface area contributed by atoms with Crippen molar-refractivity contribution in [2.75, 3.05) is 43.0 Å². The number of benzene rings is 1. The molecule has 0 saturated carbocycles. The zero-order valence-electron chi connectivity index (χ0n) is 14.3. The first kappa shape index (κ1) is 19.0. The number of carbonyl (C=O) groups is 1. The molecule has 9 heteroatoms. The van der Waals surface area contributed by atoms with Crippen molar-refractivity contribution in [3.05, 3.63) is 35.2 Å². The smallest absolute Gasteiger partial charge is 0.318 e. The van der Waals surface area contributed by atoms with Gasteiger partial charge in [0.15, 0.2) is 0 Å². The topological polar surface area (TPSA) is 94.7 Å². The zero-order chi connectivity index (χ0) is 18.2. The first-order valence-corrected chi connectivity index (χ1v) is 8.29. The fourth-order valence-electron chi connectivity index (χ4n) is 2.42. The van der Waals surface area contributed by atoms with Crippen LogP contribution in [0.25, 0.3) is 0 Å². The molecule has 1 aliphatic rings. The minimum absolute atomic E-state index is 0.593. The van der Waals surface area contributed by atoms with Crippen molar-refractivity contribution in [2.45, 2.75) is 13.5 Å². The molecule has 0 amide bonds. The first-order chi connectivity index (χ1) is 12.0. The lowest BCUT2D eigenvalue weighted by Crippen LogP contribution is -2.46. The third-order valence-electron chi connectivity index (χ3n) is 3.51. The number of carboxylic acid groups (broad SMARTS) is 1. The first-order valence-electron chi connectivity index (χ1n) is 7.91. The van der Waals surface area contributed by atoms with Crippen molar-refractivity contribution in [1.82, 2.24) is 15.5 Å². The molecule has 0 radical (unpaired) electrons. The molecule has 8 nitrogen and oxygen atoms in total. The maximum atomic E-state index is 9.00. The lowest BCUT2D eigenvalue weighted by molar-refractivity contribution is -0.134. The van der Waals surface area contributed by atoms with Crippen LogP contribution < -0.4 is 15.1 Å². The summed E-state index contributed by atoms with van der Waals surface area (Å²) in [7, 11) is 1.85. The van der Waals surface area contributed by atoms with Gasteiger partial charge in [-0.15, -0.1) is 5.10 Å². The quantitative estimate of drug-likeness (QED) is 0.845. The fraction of sp³-hybridized carbons (Fsp3) is 0.438. The van der Waals surface area contributed by atoms with E-state index in [0.717, 1.165) is 43.8 Å². The highest BCUT2D eigenvalue weighted by atomic mass is 35.5. The molecule has 0 bridgehead atoms. The molecule has 0 unspecified atom stereocenters. The number of hydrogen-bond acceptors (Lipinski definition) is 7. The number of nitrogens with one attached hydrogen (secondary N) is 1. The van der Waals surface area contributed by atoms with Gasteiger partial charge < -0.3 is 24.6 Å². The molecule has 2 heterocycles. The molecular weight excluding hydrogens is 346 g/mol. The van der Waals surface area contributed by atoms with Gasteiger partial charge in [0, 0.05) is 43.8 Å². The van der Waals surface area contributed by atoms with E-state index in [9.17, 15) is 0 Å². The van der Waals surface area contributed by atoms with Gasteiger partial charge in [-0.25, -0.2) is 0 Å². The Labute approximate surface area is 151 Å². The van der Waals surface area contributed by atoms with E-state index in [0.29, 0.717) is 18.5 Å². The number of piperazine rings is 1. The Morgan fingerprint density at radius 3 is 2.52 bits per heavy atom. The van der Waals surface area contributed by atoms with Gasteiger partial charge in [0.05, 0.1) is 6.54 Å². The summed E-state index contributed by atoms with van der Waals surface area (Å²) in [5.74, 6) is -0.218. The average Bonchev–Trinajstić information content (AvgIpc) is 3.04. The summed E-state index contributed by atoms with van der Waals surface area (Å²) in [4.78, 5) is 13.4. The maximum absolute atomic E-state index is 9.00. The van der Waals surface area contributed by atoms with Crippen molar-refractivity contribution in [2.24, 2.45) is 0 Å². The van der Waals surface area contributed by atoms with Crippen molar-refractivity contribution in [3.8, 4) is 0 Å². The summed E-state index contributed by atoms with van der Waals surface area (Å²) < 4.78 is 5.63. The predicted molar refractivity (Wildman–Crippen MR) is 96.2 cm³/mol. The second-order valence-corrected chi connectivity index (χ2v) is 5.92. The van der Waals surface area contributed by atoms with E-state index in [-0.39, 0.29) is 0 Å². The molecule has 1 saturated heterocycles. The van der Waals surface area contributed by atoms with Gasteiger partial charge in [0.1, 0.15) is 0 Å². The van der Waals surface area contributed by atoms with Crippen molar-refractivity contribution >= 4 is 29.3 Å². The van der Waals surface area contributed by atoms with Crippen LogP contribution in [-0.4, -0.2) is 54.5 Å². The molecule has 0 spiro atoms. The second-order valence-electron chi connectivity index (χ2n) is 5.48. The van der Waals surface area contributed by atoms with E-state index in [1.54, 1.807) is 0 Å². The van der Waals surface area contributed by atoms with Gasteiger partial charge in [0.25, 0.3) is 5.97 Å². The lowest BCUT2D eigenvalue weighted by atomic mass is 10.2. The summed E-state index contributed by atoms with van der Waals surface area (Å²) in [5, 5.41) is 19.3. The SMILES string of the molecule is CC(=O)O.CNCc1nnc(N2CCN(c3cccc(Cl)c3)CC2)o1. The molecule has 0 atom stereocenters. The van der Waals surface area contributed by atoms with Crippen LogP contribution in [0, 0.1) is 0 Å². The number of anilines is 2. The summed E-state index contributed by atoms with van der Waals surface area (Å²) in [5.41, 5.74) is 1.16. The largest absolute Gasteiger partial charge is 0.481 e. The number of aromatic nitrogens is 2. The van der Waals surface area contributed by atoms with Crippen LogP contribution in [0.4, 0.5) is 11.7 Å². The minimum Gasteiger partial charge on any atom is -0.481 e. The van der Waals surface area contributed by atoms with E-state index in [1.165, 1.54) is 0 Å². The Morgan fingerprint density at radius 1 is 1.28 bits per heavy atom. The Morgan fingerprint density at radius 2 is 1.92 bits per heavy atom. The van der Waals surface area contributed by atoms with Crippen molar-refractivity contribution in [1.29, 1.82) is 0 Å². The van der Waals surface area contributed by atoms with Gasteiger partial charge in [-0.05, 0) is 25.2 Å². The highest BCUT2D eigenvalue weighted by Crippen LogP contribution is 2.22. The van der Waals surface area contributed by atoms with Crippen LogP contribution in [0.2, 0.25) is 5.02 Å². The average molecular weight is 368 g/mol. The van der Waals surface area contributed by atoms with Gasteiger partial charge >= 0.3 is 6.01 Å². The van der Waals surface area contributed by atoms with Crippen LogP contribution in [-0.2, 0) is 11.3 Å². The monoisotopic (exact) mass is 367 g/mol. The predicted octanol–water partition coefficient (Wildman–Crippen LogP) is 1.86. The number of aliphatic carboxylic acids is 1. The lowest BCUT2D eigenvalue weighted by Gasteiger charge is -2.35. The molecule has 2 aromatic rings. The number of halogens is 1. The van der Waals surface area contributed by atoms with Crippen LogP contribution in [0.5, 0.6) is 0 Å². The number of rotatable bonds is 4. The fourth-order valence-corrected chi connectivity index (χ4v) is 2.61. The molecule has 0 aliphatic carbocycles. The third kappa shape index (κ3) is 5.91. The number of nitrogens with zero attached hydrogens (tertiary/aromatic N) is 4. The van der Waals surface area contributed by atoms with E-state index in [4.69, 9.17) is 25.9 Å². The molecule has 3 rings (SSSR count). The molecule has 1 aliphatic heterocycles. The second kappa shape index (κ2) is 9.24. The molecule has 1 aromatic carbocycles. The van der Waals surface area contributed by atoms with Crippen LogP contribution in [0.1, 0.15) is 12.8 Å². The summed E-state index contributed by atoms with van der Waals surface area (Å²) in [6, 6.07) is 8.55. The molecule has 1 fully saturated rings. The van der Waals surface area contributed by atoms with Crippen LogP contribution in [0.15, 0.2) is 28.7 Å². The van der Waals surface area contributed by atoms with E-state index in [2.05, 4.69) is 31.4 Å². The Kier molecular flexibility index (Phi) is 7.03. The Hall–Kier alpha value is -2.32. The van der Waals surface area contributed by atoms with Crippen molar-refractivity contribution < 1.29 is 14.3 Å². The Balaban J connectivity index is 0.000000511. The summed E-state index contributed by atoms with van der Waals surface area (Å²) in [6.45, 7) is 5.20. The van der Waals surface area contributed by atoms with E-state index in [1.807, 2.05) is 25.2 Å². The highest BCUT2D eigenvalue weighted by molar-refractivity contribution is 6.30. The highest BCUT2D eigenvalue weighted by Gasteiger charge is 2.21. The van der Waals surface area contributed by atoms with Gasteiger partial charge in [0.2, 0.25) is 5.89 Å². The van der Waals surface area contributed by atoms with Gasteiger partial charge in [-0.2, -0.15) is 0 Å². The van der Waals surface area contributed by atoms with Crippen LogP contribution in [0.3, 0.4) is 0 Å². The summed E-state index contributed by atoms with van der Waals surface area (Å²) in [6.07, 6.45) is 0. The normalized spacial score (nSPS) is 14.0. The number of hydrogen-bond donors (Lipinski definition) is 2. The van der Waals surface area contributed by atoms with Crippen molar-refractivity contribution in [3.63, 3.8) is 0 Å². The minimum atomic E-state index is -0.833. The third-order valence-corrected chi connectivity index (χ3v) is 3.74. The Bertz CT molecular complexity index is 682. The molecule has 2 N–H and O–H groups in total. The molecule has 1 aromatic heterocycles. The van der Waals surface area contributed by atoms with E-state index >= 15 is 0 Å². The van der Waals surface area contributed by atoms with Gasteiger partial charge in [-0.3, -0.25) is 4.79 Å². The molecule has 136 valence electrons. The van der Waals surface area contributed by atoms with Crippen LogP contribution >= 0.6 is 11.6 Å². The zero-order valence-corrected chi connectivity index (χ0v) is 15.0. The number of carboxylic acids is 1. The maximum Gasteiger partial charge on any atom is 0.318 e. The summed E-state index contributed by atoms with van der Waals surface area (Å²) >= 11 is 6.04.